The van der Waals surface area contributed by atoms with E-state index in [0.29, 0.717) is 5.69 Å². The molecule has 30 heavy (non-hydrogen) atoms. The van der Waals surface area contributed by atoms with Gasteiger partial charge in [-0.1, -0.05) is 54.1 Å². The fraction of sp³-hybridized carbons (Fsp3) is 0.0833. The molecule has 4 aromatic rings. The third kappa shape index (κ3) is 5.35. The Morgan fingerprint density at radius 3 is 2.17 bits per heavy atom. The molecule has 3 nitrogen and oxygen atoms in total. The summed E-state index contributed by atoms with van der Waals surface area (Å²) >= 11 is 0. The van der Waals surface area contributed by atoms with Crippen molar-refractivity contribution in [1.82, 2.24) is 4.98 Å². The first-order valence-electron chi connectivity index (χ1n) is 8.89. The molecule has 0 aliphatic carbocycles. The molecule has 0 saturated carbocycles. The Hall–Kier alpha value is -2.95. The fourth-order valence-corrected chi connectivity index (χ4v) is 3.02. The monoisotopic (exact) mass is 583 g/mol. The Morgan fingerprint density at radius 1 is 1.00 bits per heavy atom. The number of carbonyl (C=O) groups excluding carboxylic acids is 1. The molecule has 1 heterocycles. The molecule has 0 saturated heterocycles. The number of carbonyl (C=O) groups is 1. The number of hydrogen-bond acceptors (Lipinski definition) is 3. The van der Waals surface area contributed by atoms with Gasteiger partial charge in [0.25, 0.3) is 0 Å². The van der Waals surface area contributed by atoms with E-state index in [9.17, 15) is 13.6 Å². The number of halogens is 2. The van der Waals surface area contributed by atoms with E-state index in [1.807, 2.05) is 48.5 Å². The van der Waals surface area contributed by atoms with Crippen molar-refractivity contribution >= 4 is 27.5 Å². The summed E-state index contributed by atoms with van der Waals surface area (Å²) in [4.78, 5) is 14.6. The first kappa shape index (κ1) is 23.3. The van der Waals surface area contributed by atoms with Gasteiger partial charge in [-0.05, 0) is 36.4 Å². The summed E-state index contributed by atoms with van der Waals surface area (Å²) in [5.41, 5.74) is 1.43. The molecular formula is C24H18F2IrNO2-. The Morgan fingerprint density at radius 2 is 1.60 bits per heavy atom. The summed E-state index contributed by atoms with van der Waals surface area (Å²) in [5, 5.41) is 11.2. The first-order chi connectivity index (χ1) is 13.9. The van der Waals surface area contributed by atoms with Crippen molar-refractivity contribution in [2.45, 2.75) is 13.8 Å². The largest absolute Gasteiger partial charge is 0.512 e. The Labute approximate surface area is 186 Å². The Balaban J connectivity index is 0.000000350. The molecule has 0 fully saturated rings. The predicted molar refractivity (Wildman–Crippen MR) is 111 cm³/mol. The maximum atomic E-state index is 14.2. The zero-order valence-electron chi connectivity index (χ0n) is 16.2. The number of hydrogen-bond donors (Lipinski definition) is 1. The number of aromatic nitrogens is 1. The molecule has 0 aliphatic heterocycles. The molecule has 0 bridgehead atoms. The second-order valence-electron chi connectivity index (χ2n) is 6.46. The van der Waals surface area contributed by atoms with Gasteiger partial charge in [0, 0.05) is 43.2 Å². The number of benzene rings is 3. The van der Waals surface area contributed by atoms with Gasteiger partial charge in [-0.15, -0.1) is 12.1 Å². The molecule has 1 N–H and O–H groups in total. The van der Waals surface area contributed by atoms with Crippen LogP contribution in [-0.2, 0) is 24.9 Å². The van der Waals surface area contributed by atoms with Crippen molar-refractivity contribution in [2.24, 2.45) is 0 Å². The number of aliphatic hydroxyl groups is 1. The van der Waals surface area contributed by atoms with Crippen LogP contribution in [0.15, 0.2) is 72.5 Å². The normalized spacial score (nSPS) is 10.9. The summed E-state index contributed by atoms with van der Waals surface area (Å²) in [7, 11) is 0. The van der Waals surface area contributed by atoms with Crippen LogP contribution in [0.2, 0.25) is 0 Å². The van der Waals surface area contributed by atoms with E-state index < -0.39 is 11.6 Å². The average molecular weight is 583 g/mol. The quantitative estimate of drug-likeness (QED) is 0.133. The molecule has 6 heteroatoms. The van der Waals surface area contributed by atoms with Gasteiger partial charge < -0.3 is 5.11 Å². The van der Waals surface area contributed by atoms with Gasteiger partial charge in [0.2, 0.25) is 0 Å². The van der Waals surface area contributed by atoms with Crippen LogP contribution in [0.5, 0.6) is 0 Å². The number of allylic oxidation sites excluding steroid dienone is 2. The number of nitrogens with zero attached hydrogens (tertiary/aromatic N) is 1. The van der Waals surface area contributed by atoms with Crippen LogP contribution in [0, 0.1) is 17.7 Å². The third-order valence-corrected chi connectivity index (χ3v) is 4.12. The van der Waals surface area contributed by atoms with Gasteiger partial charge in [0.05, 0.1) is 11.3 Å². The maximum Gasteiger partial charge on any atom is 0.155 e. The van der Waals surface area contributed by atoms with Gasteiger partial charge >= 0.3 is 0 Å². The molecule has 0 spiro atoms. The summed E-state index contributed by atoms with van der Waals surface area (Å²) < 4.78 is 27.3. The van der Waals surface area contributed by atoms with E-state index in [4.69, 9.17) is 5.11 Å². The molecule has 3 aromatic carbocycles. The van der Waals surface area contributed by atoms with Crippen molar-refractivity contribution in [3.63, 3.8) is 0 Å². The summed E-state index contributed by atoms with van der Waals surface area (Å²) in [5.74, 6) is -1.37. The maximum absolute atomic E-state index is 14.2. The minimum absolute atomic E-state index is 0. The third-order valence-electron chi connectivity index (χ3n) is 4.12. The minimum Gasteiger partial charge on any atom is -0.512 e. The topological polar surface area (TPSA) is 50.2 Å². The van der Waals surface area contributed by atoms with Crippen LogP contribution < -0.4 is 0 Å². The van der Waals surface area contributed by atoms with Gasteiger partial charge in [0.1, 0.15) is 0 Å². The van der Waals surface area contributed by atoms with E-state index in [0.717, 1.165) is 33.8 Å². The van der Waals surface area contributed by atoms with Crippen LogP contribution >= 0.6 is 0 Å². The summed E-state index contributed by atoms with van der Waals surface area (Å²) in [6.07, 6.45) is 1.17. The van der Waals surface area contributed by atoms with Crippen LogP contribution in [0.3, 0.4) is 0 Å². The van der Waals surface area contributed by atoms with E-state index >= 15 is 0 Å². The van der Waals surface area contributed by atoms with Crippen LogP contribution in [-0.4, -0.2) is 15.9 Å². The molecule has 0 amide bonds. The molecule has 155 valence electrons. The number of pyridine rings is 1. The van der Waals surface area contributed by atoms with Gasteiger partial charge in [-0.3, -0.25) is 18.6 Å². The SMILES string of the molecule is CC(=O)/C=C(/C)O.Fc1c[c-]c(-c2nc3ccccc3c3ccccc23)c(F)c1.[Ir]. The molecule has 1 aromatic heterocycles. The van der Waals surface area contributed by atoms with E-state index in [1.165, 1.54) is 19.9 Å². The standard InChI is InChI=1S/C19H10F2N.C5H8O2.Ir/c20-12-9-10-16(17(21)11-12)19-15-7-2-1-5-13(15)14-6-3-4-8-18(14)22-19;1-4(6)3-5(2)7;/h1-9,11H;3,6H,1-2H3;/q-1;;/b;4-3-;. The zero-order chi connectivity index (χ0) is 21.0. The van der Waals surface area contributed by atoms with E-state index in [-0.39, 0.29) is 37.2 Å². The van der Waals surface area contributed by atoms with Crippen molar-refractivity contribution in [3.8, 4) is 11.3 Å². The van der Waals surface area contributed by atoms with Crippen LogP contribution in [0.4, 0.5) is 8.78 Å². The average Bonchev–Trinajstić information content (AvgIpc) is 2.67. The number of fused-ring (bicyclic) bond motifs is 3. The fourth-order valence-electron chi connectivity index (χ4n) is 3.02. The first-order valence-corrected chi connectivity index (χ1v) is 8.89. The zero-order valence-corrected chi connectivity index (χ0v) is 18.6. The van der Waals surface area contributed by atoms with Crippen molar-refractivity contribution in [3.05, 3.63) is 90.2 Å². The molecule has 0 atom stereocenters. The smallest absolute Gasteiger partial charge is 0.155 e. The molecule has 0 unspecified atom stereocenters. The van der Waals surface area contributed by atoms with Gasteiger partial charge in [-0.2, -0.15) is 0 Å². The Kier molecular flexibility index (Phi) is 7.92. The van der Waals surface area contributed by atoms with Gasteiger partial charge in [-0.25, -0.2) is 0 Å². The van der Waals surface area contributed by atoms with Crippen molar-refractivity contribution < 1.29 is 38.8 Å². The number of rotatable bonds is 2. The van der Waals surface area contributed by atoms with E-state index in [1.54, 1.807) is 0 Å². The number of aliphatic hydroxyl groups excluding tert-OH is 1. The van der Waals surface area contributed by atoms with E-state index in [2.05, 4.69) is 11.1 Å². The van der Waals surface area contributed by atoms with Crippen molar-refractivity contribution in [2.75, 3.05) is 0 Å². The second kappa shape index (κ2) is 10.2. The predicted octanol–water partition coefficient (Wildman–Crippen LogP) is 6.17. The summed E-state index contributed by atoms with van der Waals surface area (Å²) in [6.45, 7) is 2.85. The number of ketones is 1. The van der Waals surface area contributed by atoms with Crippen molar-refractivity contribution in [1.29, 1.82) is 0 Å². The number of para-hydroxylation sites is 1. The molecular weight excluding hydrogens is 564 g/mol. The summed E-state index contributed by atoms with van der Waals surface area (Å²) in [6, 6.07) is 20.0. The molecule has 1 radical (unpaired) electrons. The van der Waals surface area contributed by atoms with Crippen LogP contribution in [0.1, 0.15) is 13.8 Å². The Bertz CT molecular complexity index is 1230. The van der Waals surface area contributed by atoms with Crippen LogP contribution in [0.25, 0.3) is 32.9 Å². The molecule has 4 rings (SSSR count). The molecule has 0 aliphatic rings. The van der Waals surface area contributed by atoms with Gasteiger partial charge in [0.15, 0.2) is 5.78 Å². The second-order valence-corrected chi connectivity index (χ2v) is 6.46. The minimum atomic E-state index is -0.659.